The van der Waals surface area contributed by atoms with Gasteiger partial charge in [0.2, 0.25) is 5.13 Å². The van der Waals surface area contributed by atoms with Crippen LogP contribution in [0.25, 0.3) is 16.5 Å². The molecule has 1 N–H and O–H groups in total. The molecule has 2 aliphatic heterocycles. The van der Waals surface area contributed by atoms with Crippen LogP contribution in [0.15, 0.2) is 119 Å². The number of ether oxygens (including phenoxy) is 3. The summed E-state index contributed by atoms with van der Waals surface area (Å²) in [5, 5.41) is 23.3. The van der Waals surface area contributed by atoms with Crippen LogP contribution in [0, 0.1) is 0 Å². The molecule has 0 radical (unpaired) electrons. The molecule has 3 heterocycles. The summed E-state index contributed by atoms with van der Waals surface area (Å²) in [6.07, 6.45) is 0.665. The monoisotopic (exact) mass is 741 g/mol. The predicted molar refractivity (Wildman–Crippen MR) is 207 cm³/mol. The molecule has 0 aliphatic carbocycles. The van der Waals surface area contributed by atoms with E-state index in [9.17, 15) is 14.7 Å². The summed E-state index contributed by atoms with van der Waals surface area (Å²) in [7, 11) is 0. The molecule has 9 nitrogen and oxygen atoms in total. The van der Waals surface area contributed by atoms with Crippen LogP contribution in [-0.4, -0.2) is 39.7 Å². The Labute approximate surface area is 314 Å². The van der Waals surface area contributed by atoms with Gasteiger partial charge in [-0.2, -0.15) is 0 Å². The third-order valence-electron chi connectivity index (χ3n) is 9.27. The largest absolute Gasteiger partial charge is 0.507 e. The van der Waals surface area contributed by atoms with E-state index in [0.717, 1.165) is 33.2 Å². The van der Waals surface area contributed by atoms with Crippen LogP contribution >= 0.6 is 23.1 Å². The number of ketones is 1. The van der Waals surface area contributed by atoms with Crippen molar-refractivity contribution in [3.8, 4) is 17.2 Å². The minimum absolute atomic E-state index is 0.00216. The molecule has 1 fully saturated rings. The van der Waals surface area contributed by atoms with Crippen LogP contribution in [0.4, 0.5) is 5.13 Å². The lowest BCUT2D eigenvalue weighted by atomic mass is 9.94. The highest BCUT2D eigenvalue weighted by Gasteiger charge is 2.48. The maximum atomic E-state index is 14.0. The van der Waals surface area contributed by atoms with E-state index in [-0.39, 0.29) is 22.6 Å². The van der Waals surface area contributed by atoms with Gasteiger partial charge in [0.1, 0.15) is 24.2 Å². The van der Waals surface area contributed by atoms with Gasteiger partial charge < -0.3 is 19.3 Å². The maximum absolute atomic E-state index is 14.0. The van der Waals surface area contributed by atoms with Gasteiger partial charge in [-0.1, -0.05) is 102 Å². The van der Waals surface area contributed by atoms with Crippen LogP contribution in [0.1, 0.15) is 47.7 Å². The number of hydrogen-bond acceptors (Lipinski definition) is 10. The van der Waals surface area contributed by atoms with E-state index in [2.05, 4.69) is 34.5 Å². The molecule has 5 aromatic carbocycles. The fraction of sp³-hybridized carbons (Fsp3) is 0.190. The van der Waals surface area contributed by atoms with Crippen molar-refractivity contribution in [2.75, 3.05) is 11.5 Å². The van der Waals surface area contributed by atoms with Crippen LogP contribution in [0.5, 0.6) is 17.2 Å². The molecule has 0 unspecified atom stereocenters. The van der Waals surface area contributed by atoms with Crippen LogP contribution in [0.2, 0.25) is 0 Å². The maximum Gasteiger partial charge on any atom is 0.301 e. The third kappa shape index (κ3) is 6.85. The average Bonchev–Trinajstić information content (AvgIpc) is 3.88. The Kier molecular flexibility index (Phi) is 9.59. The fourth-order valence-corrected chi connectivity index (χ4v) is 8.68. The van der Waals surface area contributed by atoms with Crippen LogP contribution < -0.4 is 19.1 Å². The molecule has 0 bridgehead atoms. The first-order valence-corrected chi connectivity index (χ1v) is 19.2. The second-order valence-corrected chi connectivity index (χ2v) is 15.0. The molecule has 2 aliphatic rings. The lowest BCUT2D eigenvalue weighted by Gasteiger charge is -2.24. The van der Waals surface area contributed by atoms with E-state index in [1.54, 1.807) is 30.3 Å². The molecule has 2 atom stereocenters. The standard InChI is InChI=1S/C42H35N3O6S2/c1-3-49-35-22-28(16-19-34(35)50-23-26-10-5-4-6-11-26)37-36(38(46)29-17-18-33-31(21-29)20-25(2)51-33)39(47)40(48)45(37)41-43-44-42(53-41)52-24-30-14-9-13-27-12-7-8-15-32(27)30/h4-19,21-22,25,37,46H,3,20,23-24H2,1-2H3/b38-36+/t25-,37-/m1/s1. The Morgan fingerprint density at radius 2 is 1.74 bits per heavy atom. The van der Waals surface area contributed by atoms with Gasteiger partial charge in [-0.15, -0.1) is 10.2 Å². The first-order chi connectivity index (χ1) is 25.9. The Balaban J connectivity index is 1.17. The summed E-state index contributed by atoms with van der Waals surface area (Å²) >= 11 is 2.73. The van der Waals surface area contributed by atoms with Crippen molar-refractivity contribution in [1.82, 2.24) is 10.2 Å². The summed E-state index contributed by atoms with van der Waals surface area (Å²) in [6, 6.07) is 33.8. The van der Waals surface area contributed by atoms with Crippen molar-refractivity contribution in [3.05, 3.63) is 143 Å². The number of aliphatic hydroxyl groups is 1. The number of aromatic nitrogens is 2. The minimum Gasteiger partial charge on any atom is -0.507 e. The Bertz CT molecular complexity index is 2370. The van der Waals surface area contributed by atoms with Gasteiger partial charge in [0.25, 0.3) is 5.78 Å². The second-order valence-electron chi connectivity index (χ2n) is 12.8. The summed E-state index contributed by atoms with van der Waals surface area (Å²) in [4.78, 5) is 29.4. The number of thioether (sulfide) groups is 1. The number of rotatable bonds is 11. The summed E-state index contributed by atoms with van der Waals surface area (Å²) in [6.45, 7) is 4.53. The molecule has 0 spiro atoms. The van der Waals surface area contributed by atoms with Gasteiger partial charge in [-0.05, 0) is 77.2 Å². The minimum atomic E-state index is -1.02. The highest BCUT2D eigenvalue weighted by atomic mass is 32.2. The lowest BCUT2D eigenvalue weighted by molar-refractivity contribution is -0.132. The molecular weight excluding hydrogens is 707 g/mol. The molecular formula is C42H35N3O6S2. The number of carbonyl (C=O) groups excluding carboxylic acids is 2. The highest BCUT2D eigenvalue weighted by Crippen LogP contribution is 2.46. The van der Waals surface area contributed by atoms with Crippen LogP contribution in [0.3, 0.4) is 0 Å². The number of amides is 1. The van der Waals surface area contributed by atoms with Crippen molar-refractivity contribution in [1.29, 1.82) is 0 Å². The second kappa shape index (κ2) is 14.8. The van der Waals surface area contributed by atoms with E-state index in [0.29, 0.717) is 52.4 Å². The van der Waals surface area contributed by atoms with Crippen LogP contribution in [-0.2, 0) is 28.4 Å². The molecule has 0 saturated carbocycles. The lowest BCUT2D eigenvalue weighted by Crippen LogP contribution is -2.29. The summed E-state index contributed by atoms with van der Waals surface area (Å²) < 4.78 is 18.7. The summed E-state index contributed by atoms with van der Waals surface area (Å²) in [5.41, 5.74) is 3.97. The van der Waals surface area contributed by atoms with Gasteiger partial charge in [0, 0.05) is 17.7 Å². The number of fused-ring (bicyclic) bond motifs is 2. The Hall–Kier alpha value is -5.65. The number of hydrogen-bond donors (Lipinski definition) is 1. The van der Waals surface area contributed by atoms with E-state index in [1.165, 1.54) is 28.0 Å². The zero-order chi connectivity index (χ0) is 36.5. The zero-order valence-corrected chi connectivity index (χ0v) is 30.7. The Morgan fingerprint density at radius 3 is 2.58 bits per heavy atom. The molecule has 1 saturated heterocycles. The predicted octanol–water partition coefficient (Wildman–Crippen LogP) is 8.91. The van der Waals surface area contributed by atoms with Gasteiger partial charge >= 0.3 is 5.91 Å². The van der Waals surface area contributed by atoms with Crippen molar-refractivity contribution < 1.29 is 28.9 Å². The van der Waals surface area contributed by atoms with Gasteiger partial charge in [-0.25, -0.2) is 0 Å². The van der Waals surface area contributed by atoms with Gasteiger partial charge in [0.15, 0.2) is 15.8 Å². The van der Waals surface area contributed by atoms with E-state index in [1.807, 2.05) is 68.4 Å². The van der Waals surface area contributed by atoms with E-state index >= 15 is 0 Å². The van der Waals surface area contributed by atoms with Crippen molar-refractivity contribution >= 4 is 56.5 Å². The number of nitrogens with zero attached hydrogens (tertiary/aromatic N) is 3. The normalized spacial score (nSPS) is 17.6. The summed E-state index contributed by atoms with van der Waals surface area (Å²) in [5.74, 6) is 0.419. The fourth-order valence-electron chi connectivity index (χ4n) is 6.80. The molecule has 266 valence electrons. The number of carbonyl (C=O) groups is 2. The van der Waals surface area contributed by atoms with E-state index < -0.39 is 17.7 Å². The molecule has 6 aromatic rings. The molecule has 11 heteroatoms. The number of aliphatic hydroxyl groups excluding tert-OH is 1. The molecule has 1 amide bonds. The molecule has 1 aromatic heterocycles. The third-order valence-corrected chi connectivity index (χ3v) is 11.4. The number of anilines is 1. The van der Waals surface area contributed by atoms with Crippen molar-refractivity contribution in [2.45, 2.75) is 49.1 Å². The smallest absolute Gasteiger partial charge is 0.301 e. The molecule has 53 heavy (non-hydrogen) atoms. The van der Waals surface area contributed by atoms with Gasteiger partial charge in [-0.3, -0.25) is 14.5 Å². The first kappa shape index (κ1) is 34.4. The SMILES string of the molecule is CCOc1cc([C@@H]2/C(=C(\O)c3ccc4c(c3)C[C@@H](C)O4)C(=O)C(=O)N2c2nnc(SCc3cccc4ccccc34)s2)ccc1OCc1ccccc1. The highest BCUT2D eigenvalue weighted by molar-refractivity contribution is 8.00. The van der Waals surface area contributed by atoms with Gasteiger partial charge in [0.05, 0.1) is 18.2 Å². The Morgan fingerprint density at radius 1 is 0.925 bits per heavy atom. The first-order valence-electron chi connectivity index (χ1n) is 17.3. The van der Waals surface area contributed by atoms with E-state index in [4.69, 9.17) is 14.2 Å². The number of Topliss-reactive ketones (excluding diaryl/α,β-unsaturated/α-hetero) is 1. The quantitative estimate of drug-likeness (QED) is 0.0458. The average molecular weight is 742 g/mol. The zero-order valence-electron chi connectivity index (χ0n) is 29.0. The van der Waals surface area contributed by atoms with Crippen molar-refractivity contribution in [3.63, 3.8) is 0 Å². The number of benzene rings is 5. The topological polar surface area (TPSA) is 111 Å². The van der Waals surface area contributed by atoms with Crippen molar-refractivity contribution in [2.24, 2.45) is 0 Å². The molecule has 8 rings (SSSR count).